The highest BCUT2D eigenvalue weighted by molar-refractivity contribution is 5.53. The molecule has 1 nitrogen and oxygen atoms in total. The lowest BCUT2D eigenvalue weighted by atomic mass is 9.81. The summed E-state index contributed by atoms with van der Waals surface area (Å²) >= 11 is 0. The Morgan fingerprint density at radius 2 is 1.81 bits per heavy atom. The molecule has 0 aliphatic carbocycles. The number of rotatable bonds is 5. The van der Waals surface area contributed by atoms with E-state index in [4.69, 9.17) is 0 Å². The Hall–Kier alpha value is -0.980. The molecule has 1 N–H and O–H groups in total. The number of anilines is 1. The maximum Gasteiger partial charge on any atom is 0.0372 e. The van der Waals surface area contributed by atoms with Crippen molar-refractivity contribution >= 4 is 5.69 Å². The van der Waals surface area contributed by atoms with Crippen molar-refractivity contribution in [1.29, 1.82) is 0 Å². The van der Waals surface area contributed by atoms with Crippen LogP contribution in [0.1, 0.15) is 52.2 Å². The third kappa shape index (κ3) is 2.78. The Balaban J connectivity index is 3.08. The summed E-state index contributed by atoms with van der Waals surface area (Å²) in [5, 5.41) is 3.42. The first-order chi connectivity index (χ1) is 7.55. The maximum atomic E-state index is 3.42. The van der Waals surface area contributed by atoms with Crippen LogP contribution in [0.2, 0.25) is 0 Å². The SMILES string of the molecule is CCNc1ccc(C(C)(C)CC)cc1CC. The summed E-state index contributed by atoms with van der Waals surface area (Å²) in [5.41, 5.74) is 4.46. The van der Waals surface area contributed by atoms with Crippen LogP contribution < -0.4 is 5.32 Å². The fraction of sp³-hybridized carbons (Fsp3) is 0.600. The normalized spacial score (nSPS) is 11.6. The molecule has 0 atom stereocenters. The number of nitrogens with one attached hydrogen (secondary N) is 1. The Labute approximate surface area is 100 Å². The monoisotopic (exact) mass is 219 g/mol. The van der Waals surface area contributed by atoms with Gasteiger partial charge in [0.25, 0.3) is 0 Å². The van der Waals surface area contributed by atoms with Gasteiger partial charge in [-0.2, -0.15) is 0 Å². The highest BCUT2D eigenvalue weighted by Crippen LogP contribution is 2.30. The van der Waals surface area contributed by atoms with Crippen molar-refractivity contribution in [2.75, 3.05) is 11.9 Å². The Morgan fingerprint density at radius 3 is 2.31 bits per heavy atom. The van der Waals surface area contributed by atoms with Crippen LogP contribution in [0, 0.1) is 0 Å². The third-order valence-electron chi connectivity index (χ3n) is 3.52. The summed E-state index contributed by atoms with van der Waals surface area (Å²) in [4.78, 5) is 0. The van der Waals surface area contributed by atoms with Gasteiger partial charge in [0, 0.05) is 12.2 Å². The van der Waals surface area contributed by atoms with Crippen LogP contribution in [-0.2, 0) is 11.8 Å². The summed E-state index contributed by atoms with van der Waals surface area (Å²) in [6.07, 6.45) is 2.27. The van der Waals surface area contributed by atoms with Gasteiger partial charge in [0.15, 0.2) is 0 Å². The zero-order valence-corrected chi connectivity index (χ0v) is 11.4. The maximum absolute atomic E-state index is 3.42. The van der Waals surface area contributed by atoms with E-state index in [0.29, 0.717) is 0 Å². The van der Waals surface area contributed by atoms with Gasteiger partial charge in [0.05, 0.1) is 0 Å². The average molecular weight is 219 g/mol. The second kappa shape index (κ2) is 5.38. The molecular weight excluding hydrogens is 194 g/mol. The smallest absolute Gasteiger partial charge is 0.0372 e. The molecule has 1 aromatic carbocycles. The standard InChI is InChI=1S/C15H25N/c1-6-12-11-13(15(4,5)7-2)9-10-14(12)16-8-3/h9-11,16H,6-8H2,1-5H3. The van der Waals surface area contributed by atoms with Gasteiger partial charge in [0.2, 0.25) is 0 Å². The van der Waals surface area contributed by atoms with Crippen molar-refractivity contribution < 1.29 is 0 Å². The van der Waals surface area contributed by atoms with Crippen LogP contribution in [-0.4, -0.2) is 6.54 Å². The molecule has 0 saturated carbocycles. The van der Waals surface area contributed by atoms with Crippen molar-refractivity contribution in [3.8, 4) is 0 Å². The second-order valence-corrected chi connectivity index (χ2v) is 4.99. The van der Waals surface area contributed by atoms with Crippen LogP contribution in [0.3, 0.4) is 0 Å². The van der Waals surface area contributed by atoms with Gasteiger partial charge in [-0.3, -0.25) is 0 Å². The van der Waals surface area contributed by atoms with Crippen LogP contribution in [0.4, 0.5) is 5.69 Å². The summed E-state index contributed by atoms with van der Waals surface area (Å²) < 4.78 is 0. The second-order valence-electron chi connectivity index (χ2n) is 4.99. The number of hydrogen-bond acceptors (Lipinski definition) is 1. The molecule has 0 heterocycles. The fourth-order valence-electron chi connectivity index (χ4n) is 1.87. The molecule has 90 valence electrons. The van der Waals surface area contributed by atoms with Gasteiger partial charge < -0.3 is 5.32 Å². The molecular formula is C15H25N. The van der Waals surface area contributed by atoms with Crippen LogP contribution in [0.25, 0.3) is 0 Å². The van der Waals surface area contributed by atoms with Crippen LogP contribution >= 0.6 is 0 Å². The van der Waals surface area contributed by atoms with Crippen molar-refractivity contribution in [3.05, 3.63) is 29.3 Å². The summed E-state index contributed by atoms with van der Waals surface area (Å²) in [5.74, 6) is 0. The van der Waals surface area contributed by atoms with Gasteiger partial charge in [-0.25, -0.2) is 0 Å². The molecule has 16 heavy (non-hydrogen) atoms. The van der Waals surface area contributed by atoms with Crippen molar-refractivity contribution in [2.45, 2.75) is 52.9 Å². The molecule has 0 aromatic heterocycles. The Morgan fingerprint density at radius 1 is 1.12 bits per heavy atom. The van der Waals surface area contributed by atoms with E-state index in [-0.39, 0.29) is 5.41 Å². The van der Waals surface area contributed by atoms with Crippen LogP contribution in [0.5, 0.6) is 0 Å². The van der Waals surface area contributed by atoms with E-state index in [1.54, 1.807) is 0 Å². The summed E-state index contributed by atoms with van der Waals surface area (Å²) in [7, 11) is 0. The Kier molecular flexibility index (Phi) is 4.40. The molecule has 0 unspecified atom stereocenters. The van der Waals surface area contributed by atoms with Gasteiger partial charge in [-0.15, -0.1) is 0 Å². The topological polar surface area (TPSA) is 12.0 Å². The van der Waals surface area contributed by atoms with Crippen molar-refractivity contribution in [3.63, 3.8) is 0 Å². The van der Waals surface area contributed by atoms with Crippen molar-refractivity contribution in [2.24, 2.45) is 0 Å². The molecule has 0 amide bonds. The minimum atomic E-state index is 0.286. The summed E-state index contributed by atoms with van der Waals surface area (Å²) in [6, 6.07) is 6.86. The lowest BCUT2D eigenvalue weighted by molar-refractivity contribution is 0.506. The highest BCUT2D eigenvalue weighted by atomic mass is 14.9. The van der Waals surface area contributed by atoms with E-state index < -0.39 is 0 Å². The third-order valence-corrected chi connectivity index (χ3v) is 3.52. The van der Waals surface area contributed by atoms with Gasteiger partial charge >= 0.3 is 0 Å². The molecule has 0 fully saturated rings. The lowest BCUT2D eigenvalue weighted by Gasteiger charge is -2.25. The highest BCUT2D eigenvalue weighted by Gasteiger charge is 2.18. The number of benzene rings is 1. The lowest BCUT2D eigenvalue weighted by Crippen LogP contribution is -2.16. The zero-order chi connectivity index (χ0) is 12.2. The average Bonchev–Trinajstić information content (AvgIpc) is 2.29. The predicted molar refractivity (Wildman–Crippen MR) is 73.3 cm³/mol. The van der Waals surface area contributed by atoms with Crippen molar-refractivity contribution in [1.82, 2.24) is 0 Å². The first-order valence-electron chi connectivity index (χ1n) is 6.42. The molecule has 0 bridgehead atoms. The first kappa shape index (κ1) is 13.1. The van der Waals surface area contributed by atoms with E-state index in [1.807, 2.05) is 0 Å². The van der Waals surface area contributed by atoms with Gasteiger partial charge in [-0.05, 0) is 42.4 Å². The molecule has 0 radical (unpaired) electrons. The molecule has 0 aliphatic rings. The largest absolute Gasteiger partial charge is 0.385 e. The van der Waals surface area contributed by atoms with E-state index in [1.165, 1.54) is 23.2 Å². The number of aryl methyl sites for hydroxylation is 1. The molecule has 1 heteroatoms. The minimum Gasteiger partial charge on any atom is -0.385 e. The molecule has 1 rings (SSSR count). The molecule has 0 aliphatic heterocycles. The van der Waals surface area contributed by atoms with E-state index >= 15 is 0 Å². The quantitative estimate of drug-likeness (QED) is 0.775. The molecule has 1 aromatic rings. The Bertz CT molecular complexity index is 339. The minimum absolute atomic E-state index is 0.286. The number of hydrogen-bond donors (Lipinski definition) is 1. The van der Waals surface area contributed by atoms with Crippen LogP contribution in [0.15, 0.2) is 18.2 Å². The fourth-order valence-corrected chi connectivity index (χ4v) is 1.87. The van der Waals surface area contributed by atoms with Gasteiger partial charge in [-0.1, -0.05) is 39.8 Å². The summed E-state index contributed by atoms with van der Waals surface area (Å²) in [6.45, 7) is 12.2. The molecule has 0 spiro atoms. The van der Waals surface area contributed by atoms with Gasteiger partial charge in [0.1, 0.15) is 0 Å². The first-order valence-corrected chi connectivity index (χ1v) is 6.42. The van der Waals surface area contributed by atoms with E-state index in [2.05, 4.69) is 58.1 Å². The van der Waals surface area contributed by atoms with E-state index in [0.717, 1.165) is 13.0 Å². The molecule has 0 saturated heterocycles. The predicted octanol–water partition coefficient (Wildman–Crippen LogP) is 4.37. The zero-order valence-electron chi connectivity index (χ0n) is 11.4. The van der Waals surface area contributed by atoms with E-state index in [9.17, 15) is 0 Å².